The van der Waals surface area contributed by atoms with Crippen LogP contribution in [0.15, 0.2) is 42.6 Å². The number of halogens is 7. The lowest BCUT2D eigenvalue weighted by molar-refractivity contribution is -0.143. The quantitative estimate of drug-likeness (QED) is 0.262. The number of carboxylic acids is 1. The second kappa shape index (κ2) is 12.3. The van der Waals surface area contributed by atoms with Gasteiger partial charge in [-0.15, -0.1) is 0 Å². The van der Waals surface area contributed by atoms with Crippen LogP contribution >= 0.6 is 0 Å². The van der Waals surface area contributed by atoms with E-state index >= 15 is 0 Å². The second-order valence-corrected chi connectivity index (χ2v) is 11.0. The third-order valence-electron chi connectivity index (χ3n) is 7.81. The first-order valence-electron chi connectivity index (χ1n) is 14.0. The van der Waals surface area contributed by atoms with Crippen LogP contribution in [0.5, 0.6) is 5.75 Å². The van der Waals surface area contributed by atoms with Gasteiger partial charge in [-0.1, -0.05) is 6.07 Å². The minimum absolute atomic E-state index is 0.00681. The number of carboxylic acid groups (broad SMARTS) is 1. The number of carbonyl (C=O) groups is 2. The normalized spacial score (nSPS) is 18.8. The SMILES string of the molecule is COc1ccc(CCC(=O)O)cc1-c1cnc(N2CC(F)C2)nc1CN1C(=O)O[C@H](c2cc(C(F)(F)F)cc(C(F)(F)F)c2)[C@@H]1C. The lowest BCUT2D eigenvalue weighted by atomic mass is 9.97. The van der Waals surface area contributed by atoms with Gasteiger partial charge in [0.1, 0.15) is 18.0 Å². The number of carbonyl (C=O) groups excluding carboxylic acids is 1. The van der Waals surface area contributed by atoms with Crippen LogP contribution in [0.4, 0.5) is 41.5 Å². The third kappa shape index (κ3) is 6.79. The van der Waals surface area contributed by atoms with Crippen molar-refractivity contribution in [1.29, 1.82) is 0 Å². The molecule has 0 spiro atoms. The zero-order valence-corrected chi connectivity index (χ0v) is 24.3. The van der Waals surface area contributed by atoms with E-state index in [0.717, 1.165) is 4.90 Å². The van der Waals surface area contributed by atoms with Crippen molar-refractivity contribution in [1.82, 2.24) is 14.9 Å². The number of aromatic nitrogens is 2. The molecule has 0 radical (unpaired) electrons. The number of aryl methyl sites for hydroxylation is 1. The summed E-state index contributed by atoms with van der Waals surface area (Å²) in [6, 6.07) is 4.94. The summed E-state index contributed by atoms with van der Waals surface area (Å²) in [5.41, 5.74) is -1.97. The number of nitrogens with zero attached hydrogens (tertiary/aromatic N) is 4. The smallest absolute Gasteiger partial charge is 0.416 e. The first kappa shape index (κ1) is 32.8. The summed E-state index contributed by atoms with van der Waals surface area (Å²) in [6.45, 7) is 1.14. The Morgan fingerprint density at radius 1 is 1.04 bits per heavy atom. The summed E-state index contributed by atoms with van der Waals surface area (Å²) in [6.07, 6.45) is -12.3. The number of rotatable bonds is 9. The van der Waals surface area contributed by atoms with E-state index in [0.29, 0.717) is 34.6 Å². The van der Waals surface area contributed by atoms with E-state index in [1.165, 1.54) is 20.2 Å². The van der Waals surface area contributed by atoms with Gasteiger partial charge in [0.25, 0.3) is 0 Å². The predicted molar refractivity (Wildman–Crippen MR) is 148 cm³/mol. The van der Waals surface area contributed by atoms with Gasteiger partial charge in [0, 0.05) is 23.7 Å². The van der Waals surface area contributed by atoms with Gasteiger partial charge in [-0.3, -0.25) is 9.69 Å². The fourth-order valence-corrected chi connectivity index (χ4v) is 5.33. The summed E-state index contributed by atoms with van der Waals surface area (Å²) < 4.78 is 106. The molecule has 1 N–H and O–H groups in total. The predicted octanol–water partition coefficient (Wildman–Crippen LogP) is 6.45. The first-order chi connectivity index (χ1) is 21.5. The minimum Gasteiger partial charge on any atom is -0.496 e. The molecule has 246 valence electrons. The van der Waals surface area contributed by atoms with Gasteiger partial charge in [-0.25, -0.2) is 19.2 Å². The Balaban J connectivity index is 1.53. The Morgan fingerprint density at radius 2 is 1.70 bits per heavy atom. The standard InChI is InChI=1S/C30H27F7N4O5/c1-15-26(17-8-18(29(32,33)34)10-19(9-17)30(35,36)37)46-28(44)41(15)14-23-22(11-38-27(39-23)40-12-20(31)13-40)21-7-16(4-6-25(42)43)3-5-24(21)45-2/h3,5,7-11,15,20,26H,4,6,12-14H2,1-2H3,(H,42,43)/t15-,26-/m0/s1. The van der Waals surface area contributed by atoms with Crippen molar-refractivity contribution in [2.75, 3.05) is 25.1 Å². The van der Waals surface area contributed by atoms with Crippen molar-refractivity contribution in [2.24, 2.45) is 0 Å². The van der Waals surface area contributed by atoms with E-state index in [2.05, 4.69) is 9.97 Å². The molecule has 0 bridgehead atoms. The van der Waals surface area contributed by atoms with Crippen molar-refractivity contribution in [3.05, 3.63) is 70.5 Å². The summed E-state index contributed by atoms with van der Waals surface area (Å²) in [5.74, 6) is -0.521. The summed E-state index contributed by atoms with van der Waals surface area (Å²) >= 11 is 0. The molecule has 16 heteroatoms. The number of benzene rings is 2. The van der Waals surface area contributed by atoms with Crippen molar-refractivity contribution >= 4 is 18.0 Å². The molecule has 2 atom stereocenters. The minimum atomic E-state index is -5.10. The molecule has 9 nitrogen and oxygen atoms in total. The van der Waals surface area contributed by atoms with Crippen LogP contribution in [-0.4, -0.2) is 64.4 Å². The van der Waals surface area contributed by atoms with E-state index in [1.54, 1.807) is 23.1 Å². The molecule has 2 aliphatic heterocycles. The number of ether oxygens (including phenoxy) is 2. The second-order valence-electron chi connectivity index (χ2n) is 11.0. The number of amides is 1. The van der Waals surface area contributed by atoms with Crippen LogP contribution in [0, 0.1) is 0 Å². The number of anilines is 1. The topological polar surface area (TPSA) is 105 Å². The summed E-state index contributed by atoms with van der Waals surface area (Å²) in [7, 11) is 1.40. The third-order valence-corrected chi connectivity index (χ3v) is 7.81. The zero-order chi connectivity index (χ0) is 33.6. The first-order valence-corrected chi connectivity index (χ1v) is 14.0. The van der Waals surface area contributed by atoms with Gasteiger partial charge >= 0.3 is 24.4 Å². The largest absolute Gasteiger partial charge is 0.496 e. The van der Waals surface area contributed by atoms with Crippen molar-refractivity contribution in [3.63, 3.8) is 0 Å². The highest BCUT2D eigenvalue weighted by Crippen LogP contribution is 2.42. The van der Waals surface area contributed by atoms with E-state index < -0.39 is 59.4 Å². The molecule has 1 aromatic heterocycles. The highest BCUT2D eigenvalue weighted by Gasteiger charge is 2.44. The molecule has 2 aromatic carbocycles. The number of cyclic esters (lactones) is 1. The monoisotopic (exact) mass is 656 g/mol. The van der Waals surface area contributed by atoms with Crippen LogP contribution in [0.3, 0.4) is 0 Å². The van der Waals surface area contributed by atoms with Gasteiger partial charge < -0.3 is 19.5 Å². The Bertz CT molecular complexity index is 1610. The van der Waals surface area contributed by atoms with Gasteiger partial charge in [-0.05, 0) is 54.8 Å². The number of hydrogen-bond acceptors (Lipinski definition) is 7. The number of methoxy groups -OCH3 is 1. The Morgan fingerprint density at radius 3 is 2.26 bits per heavy atom. The van der Waals surface area contributed by atoms with Crippen LogP contribution in [0.25, 0.3) is 11.1 Å². The highest BCUT2D eigenvalue weighted by atomic mass is 19.4. The Kier molecular flexibility index (Phi) is 8.75. The van der Waals surface area contributed by atoms with Crippen LogP contribution < -0.4 is 9.64 Å². The lowest BCUT2D eigenvalue weighted by Gasteiger charge is -2.34. The van der Waals surface area contributed by atoms with E-state index in [-0.39, 0.29) is 50.2 Å². The van der Waals surface area contributed by atoms with Gasteiger partial charge in [0.05, 0.1) is 49.6 Å². The van der Waals surface area contributed by atoms with Gasteiger partial charge in [0.15, 0.2) is 0 Å². The molecule has 0 saturated carbocycles. The van der Waals surface area contributed by atoms with Crippen molar-refractivity contribution in [2.45, 2.75) is 57.0 Å². The molecule has 5 rings (SSSR count). The molecular weight excluding hydrogens is 629 g/mol. The zero-order valence-electron chi connectivity index (χ0n) is 24.3. The maximum Gasteiger partial charge on any atom is 0.416 e. The molecule has 2 saturated heterocycles. The van der Waals surface area contributed by atoms with E-state index in [4.69, 9.17) is 14.6 Å². The Hall–Kier alpha value is -4.63. The fraction of sp³-hybridized carbons (Fsp3) is 0.400. The number of aliphatic carboxylic acids is 1. The van der Waals surface area contributed by atoms with E-state index in [1.807, 2.05) is 0 Å². The number of hydrogen-bond donors (Lipinski definition) is 1. The van der Waals surface area contributed by atoms with Crippen molar-refractivity contribution in [3.8, 4) is 16.9 Å². The van der Waals surface area contributed by atoms with Gasteiger partial charge in [-0.2, -0.15) is 26.3 Å². The fourth-order valence-electron chi connectivity index (χ4n) is 5.33. The van der Waals surface area contributed by atoms with Gasteiger partial charge in [0.2, 0.25) is 5.95 Å². The molecular formula is C30H27F7N4O5. The average molecular weight is 657 g/mol. The Labute approximate surface area is 257 Å². The molecule has 0 aliphatic carbocycles. The average Bonchev–Trinajstić information content (AvgIpc) is 3.25. The maximum atomic E-state index is 13.6. The highest BCUT2D eigenvalue weighted by molar-refractivity contribution is 5.75. The molecule has 2 aliphatic rings. The molecule has 1 amide bonds. The summed E-state index contributed by atoms with van der Waals surface area (Å²) in [5, 5.41) is 9.12. The van der Waals surface area contributed by atoms with Crippen molar-refractivity contribution < 1.29 is 54.9 Å². The number of alkyl halides is 7. The molecule has 3 aromatic rings. The lowest BCUT2D eigenvalue weighted by Crippen LogP contribution is -2.49. The molecule has 46 heavy (non-hydrogen) atoms. The molecule has 3 heterocycles. The van der Waals surface area contributed by atoms with Crippen LogP contribution in [0.2, 0.25) is 0 Å². The van der Waals surface area contributed by atoms with Crippen LogP contribution in [-0.2, 0) is 34.8 Å². The van der Waals surface area contributed by atoms with Crippen LogP contribution in [0.1, 0.15) is 47.4 Å². The van der Waals surface area contributed by atoms with E-state index in [9.17, 15) is 40.3 Å². The molecule has 0 unspecified atom stereocenters. The summed E-state index contributed by atoms with van der Waals surface area (Å²) in [4.78, 5) is 35.8. The maximum absolute atomic E-state index is 13.6. The molecule has 2 fully saturated rings.